The fourth-order valence-electron chi connectivity index (χ4n) is 4.70. The number of hydrogen-bond acceptors (Lipinski definition) is 5. The number of benzene rings is 1. The molecule has 1 aromatic carbocycles. The third-order valence-electron chi connectivity index (χ3n) is 6.16. The number of nitrogens with zero attached hydrogens (tertiary/aromatic N) is 3. The predicted molar refractivity (Wildman–Crippen MR) is 106 cm³/mol. The highest BCUT2D eigenvalue weighted by atomic mass is 16.5. The van der Waals surface area contributed by atoms with E-state index >= 15 is 0 Å². The lowest BCUT2D eigenvalue weighted by molar-refractivity contribution is 0.126. The van der Waals surface area contributed by atoms with Crippen LogP contribution in [0.3, 0.4) is 0 Å². The molecule has 2 aromatic rings. The Morgan fingerprint density at radius 3 is 2.04 bits per heavy atom. The van der Waals surface area contributed by atoms with E-state index in [2.05, 4.69) is 21.9 Å². The molecular formula is C21H29N3O3. The van der Waals surface area contributed by atoms with E-state index in [1.807, 2.05) is 12.1 Å². The number of para-hydroxylation sites is 2. The molecule has 2 N–H and O–H groups in total. The zero-order chi connectivity index (χ0) is 18.8. The van der Waals surface area contributed by atoms with Gasteiger partial charge in [-0.05, 0) is 37.8 Å². The van der Waals surface area contributed by atoms with Gasteiger partial charge in [0.2, 0.25) is 0 Å². The summed E-state index contributed by atoms with van der Waals surface area (Å²) in [5.41, 5.74) is 1.18. The summed E-state index contributed by atoms with van der Waals surface area (Å²) >= 11 is 0. The van der Waals surface area contributed by atoms with Crippen LogP contribution in [0.1, 0.15) is 31.7 Å². The fourth-order valence-corrected chi connectivity index (χ4v) is 4.70. The molecule has 146 valence electrons. The van der Waals surface area contributed by atoms with Crippen molar-refractivity contribution in [3.63, 3.8) is 0 Å². The minimum absolute atomic E-state index is 0.168. The Bertz CT molecular complexity index is 740. The van der Waals surface area contributed by atoms with Gasteiger partial charge in [0.15, 0.2) is 11.8 Å². The number of hydrogen-bond donors (Lipinski definition) is 2. The lowest BCUT2D eigenvalue weighted by atomic mass is 9.89. The van der Waals surface area contributed by atoms with Crippen molar-refractivity contribution in [2.24, 2.45) is 0 Å². The Hall–Kier alpha value is -2.34. The van der Waals surface area contributed by atoms with Gasteiger partial charge in [0.05, 0.1) is 12.8 Å². The predicted octanol–water partition coefficient (Wildman–Crippen LogP) is 3.21. The summed E-state index contributed by atoms with van der Waals surface area (Å²) in [7, 11) is 1.73. The summed E-state index contributed by atoms with van der Waals surface area (Å²) in [4.78, 5) is 5.02. The minimum atomic E-state index is 0.168. The molecule has 0 radical (unpaired) electrons. The number of ether oxygens (including phenoxy) is 1. The number of aromatic nitrogens is 1. The smallest absolute Gasteiger partial charge is 0.194 e. The van der Waals surface area contributed by atoms with Crippen LogP contribution in [-0.2, 0) is 0 Å². The Balaban J connectivity index is 1.32. The monoisotopic (exact) mass is 371 g/mol. The lowest BCUT2D eigenvalue weighted by Gasteiger charge is -2.43. The van der Waals surface area contributed by atoms with Crippen LogP contribution in [0.25, 0.3) is 0 Å². The maximum atomic E-state index is 9.96. The van der Waals surface area contributed by atoms with Gasteiger partial charge < -0.3 is 19.8 Å². The second kappa shape index (κ2) is 7.72. The van der Waals surface area contributed by atoms with Crippen molar-refractivity contribution in [1.82, 2.24) is 9.47 Å². The Kier molecular flexibility index (Phi) is 5.16. The number of methoxy groups -OCH3 is 1. The molecule has 2 aliphatic rings. The summed E-state index contributed by atoms with van der Waals surface area (Å²) in [5.74, 6) is 1.28. The first-order chi connectivity index (χ1) is 13.2. The van der Waals surface area contributed by atoms with Crippen molar-refractivity contribution in [3.05, 3.63) is 36.4 Å². The van der Waals surface area contributed by atoms with Crippen LogP contribution < -0.4 is 9.64 Å². The molecule has 1 aliphatic carbocycles. The molecule has 0 unspecified atom stereocenters. The van der Waals surface area contributed by atoms with Crippen LogP contribution in [0.4, 0.5) is 5.69 Å². The van der Waals surface area contributed by atoms with Crippen molar-refractivity contribution in [2.45, 2.75) is 37.8 Å². The molecule has 1 aromatic heterocycles. The van der Waals surface area contributed by atoms with E-state index in [1.54, 1.807) is 23.8 Å². The van der Waals surface area contributed by atoms with Gasteiger partial charge in [0, 0.05) is 50.4 Å². The highest BCUT2D eigenvalue weighted by molar-refractivity contribution is 5.58. The molecule has 1 saturated carbocycles. The molecule has 6 nitrogen and oxygen atoms in total. The summed E-state index contributed by atoms with van der Waals surface area (Å²) in [6, 6.07) is 12.2. The maximum Gasteiger partial charge on any atom is 0.194 e. The van der Waals surface area contributed by atoms with E-state index in [-0.39, 0.29) is 17.8 Å². The number of anilines is 1. The molecule has 6 heteroatoms. The third-order valence-corrected chi connectivity index (χ3v) is 6.16. The third kappa shape index (κ3) is 3.58. The van der Waals surface area contributed by atoms with Gasteiger partial charge in [0.25, 0.3) is 0 Å². The van der Waals surface area contributed by atoms with Crippen molar-refractivity contribution in [3.8, 4) is 17.5 Å². The SMILES string of the molecule is COc1ccccc1N1CCN(C2CCC(n3c(O)ccc3O)CC2)CC1. The average molecular weight is 371 g/mol. The summed E-state index contributed by atoms with van der Waals surface area (Å²) in [6.45, 7) is 4.15. The largest absolute Gasteiger partial charge is 0.495 e. The van der Waals surface area contributed by atoms with E-state index in [9.17, 15) is 10.2 Å². The first kappa shape index (κ1) is 18.0. The van der Waals surface area contributed by atoms with E-state index in [1.165, 1.54) is 5.69 Å². The number of piperazine rings is 1. The second-order valence-corrected chi connectivity index (χ2v) is 7.58. The van der Waals surface area contributed by atoms with Crippen molar-refractivity contribution >= 4 is 5.69 Å². The first-order valence-electron chi connectivity index (χ1n) is 9.88. The van der Waals surface area contributed by atoms with Crippen LogP contribution in [0.2, 0.25) is 0 Å². The van der Waals surface area contributed by atoms with E-state index in [4.69, 9.17) is 4.74 Å². The van der Waals surface area contributed by atoms with Crippen LogP contribution in [0.15, 0.2) is 36.4 Å². The molecule has 0 atom stereocenters. The summed E-state index contributed by atoms with van der Waals surface area (Å²) < 4.78 is 7.19. The molecule has 1 aliphatic heterocycles. The lowest BCUT2D eigenvalue weighted by Crippen LogP contribution is -2.51. The van der Waals surface area contributed by atoms with Gasteiger partial charge in [0.1, 0.15) is 5.75 Å². The molecule has 2 fully saturated rings. The number of rotatable bonds is 4. The van der Waals surface area contributed by atoms with E-state index in [0.29, 0.717) is 6.04 Å². The van der Waals surface area contributed by atoms with Crippen LogP contribution in [0.5, 0.6) is 17.5 Å². The molecule has 1 saturated heterocycles. The molecular weight excluding hydrogens is 342 g/mol. The summed E-state index contributed by atoms with van der Waals surface area (Å²) in [6.07, 6.45) is 4.20. The second-order valence-electron chi connectivity index (χ2n) is 7.58. The highest BCUT2D eigenvalue weighted by Crippen LogP contribution is 2.37. The van der Waals surface area contributed by atoms with Crippen molar-refractivity contribution in [2.75, 3.05) is 38.2 Å². The van der Waals surface area contributed by atoms with Gasteiger partial charge >= 0.3 is 0 Å². The average Bonchev–Trinajstić information content (AvgIpc) is 3.06. The quantitative estimate of drug-likeness (QED) is 0.864. The number of aromatic hydroxyl groups is 2. The van der Waals surface area contributed by atoms with E-state index in [0.717, 1.165) is 57.6 Å². The normalized spacial score (nSPS) is 24.1. The molecule has 27 heavy (non-hydrogen) atoms. The molecule has 4 rings (SSSR count). The van der Waals surface area contributed by atoms with Crippen molar-refractivity contribution < 1.29 is 14.9 Å². The Labute approximate surface area is 160 Å². The maximum absolute atomic E-state index is 9.96. The van der Waals surface area contributed by atoms with Gasteiger partial charge in [-0.3, -0.25) is 9.47 Å². The molecule has 0 amide bonds. The van der Waals surface area contributed by atoms with Gasteiger partial charge in [-0.15, -0.1) is 0 Å². The highest BCUT2D eigenvalue weighted by Gasteiger charge is 2.30. The standard InChI is InChI=1S/C21H29N3O3/c1-27-19-5-3-2-4-18(19)23-14-12-22(13-15-23)16-6-8-17(9-7-16)24-20(25)10-11-21(24)26/h2-5,10-11,16-17,25-26H,6-9,12-15H2,1H3. The fraction of sp³-hybridized carbons (Fsp3) is 0.524. The van der Waals surface area contributed by atoms with Crippen LogP contribution >= 0.6 is 0 Å². The van der Waals surface area contributed by atoms with Gasteiger partial charge in [-0.2, -0.15) is 0 Å². The van der Waals surface area contributed by atoms with Crippen molar-refractivity contribution in [1.29, 1.82) is 0 Å². The zero-order valence-corrected chi connectivity index (χ0v) is 15.9. The Morgan fingerprint density at radius 2 is 1.41 bits per heavy atom. The first-order valence-corrected chi connectivity index (χ1v) is 9.88. The van der Waals surface area contributed by atoms with Crippen LogP contribution in [0, 0.1) is 0 Å². The van der Waals surface area contributed by atoms with Gasteiger partial charge in [-0.25, -0.2) is 0 Å². The van der Waals surface area contributed by atoms with Crippen LogP contribution in [-0.4, -0.2) is 59.0 Å². The summed E-state index contributed by atoms with van der Waals surface area (Å²) in [5, 5.41) is 19.9. The molecule has 0 spiro atoms. The molecule has 2 heterocycles. The minimum Gasteiger partial charge on any atom is -0.495 e. The van der Waals surface area contributed by atoms with E-state index < -0.39 is 0 Å². The van der Waals surface area contributed by atoms with Gasteiger partial charge in [-0.1, -0.05) is 12.1 Å². The molecule has 0 bridgehead atoms. The Morgan fingerprint density at radius 1 is 0.815 bits per heavy atom. The topological polar surface area (TPSA) is 61.1 Å². The zero-order valence-electron chi connectivity index (χ0n) is 15.9.